The molecule has 1 aliphatic carbocycles. The molecule has 0 aromatic heterocycles. The lowest BCUT2D eigenvalue weighted by Crippen LogP contribution is -2.46. The zero-order valence-electron chi connectivity index (χ0n) is 11.1. The highest BCUT2D eigenvalue weighted by molar-refractivity contribution is 5.76. The van der Waals surface area contributed by atoms with Crippen molar-refractivity contribution in [3.63, 3.8) is 0 Å². The monoisotopic (exact) mass is 238 g/mol. The molecule has 1 N–H and O–H groups in total. The van der Waals surface area contributed by atoms with Gasteiger partial charge in [0.15, 0.2) is 0 Å². The molecule has 1 aliphatic heterocycles. The van der Waals surface area contributed by atoms with Crippen molar-refractivity contribution in [1.29, 1.82) is 0 Å². The number of nitrogens with one attached hydrogen (secondary N) is 1. The molecule has 1 heterocycles. The van der Waals surface area contributed by atoms with Crippen molar-refractivity contribution < 1.29 is 4.79 Å². The Morgan fingerprint density at radius 3 is 2.71 bits per heavy atom. The summed E-state index contributed by atoms with van der Waals surface area (Å²) < 4.78 is 0. The van der Waals surface area contributed by atoms with Gasteiger partial charge in [-0.1, -0.05) is 19.8 Å². The summed E-state index contributed by atoms with van der Waals surface area (Å²) in [5, 5.41) is 3.55. The van der Waals surface area contributed by atoms with Crippen LogP contribution in [0.1, 0.15) is 58.3 Å². The van der Waals surface area contributed by atoms with Gasteiger partial charge in [0, 0.05) is 25.0 Å². The second-order valence-electron chi connectivity index (χ2n) is 5.53. The first kappa shape index (κ1) is 12.9. The fourth-order valence-corrected chi connectivity index (χ4v) is 2.63. The van der Waals surface area contributed by atoms with Crippen LogP contribution in [0.25, 0.3) is 0 Å². The van der Waals surface area contributed by atoms with Gasteiger partial charge in [-0.25, -0.2) is 0 Å². The van der Waals surface area contributed by atoms with E-state index in [1.54, 1.807) is 0 Å². The molecule has 3 nitrogen and oxygen atoms in total. The van der Waals surface area contributed by atoms with Gasteiger partial charge in [-0.15, -0.1) is 0 Å². The molecule has 2 aliphatic rings. The molecule has 0 aromatic rings. The number of nitrogens with zero attached hydrogens (tertiary/aromatic N) is 1. The SMILES string of the molecule is CCCCC(=O)N(CC1CCCCN1)C1CC1. The fourth-order valence-electron chi connectivity index (χ4n) is 2.63. The Bertz CT molecular complexity index is 245. The van der Waals surface area contributed by atoms with E-state index < -0.39 is 0 Å². The summed E-state index contributed by atoms with van der Waals surface area (Å²) in [6.07, 6.45) is 9.22. The predicted molar refractivity (Wildman–Crippen MR) is 69.9 cm³/mol. The van der Waals surface area contributed by atoms with E-state index in [1.807, 2.05) is 0 Å². The average Bonchev–Trinajstić information content (AvgIpc) is 3.18. The van der Waals surface area contributed by atoms with Gasteiger partial charge >= 0.3 is 0 Å². The molecule has 2 rings (SSSR count). The molecule has 0 bridgehead atoms. The molecule has 0 spiro atoms. The Kier molecular flexibility index (Phi) is 4.84. The number of rotatable bonds is 6. The van der Waals surface area contributed by atoms with Crippen LogP contribution in [0.4, 0.5) is 0 Å². The van der Waals surface area contributed by atoms with Crippen molar-refractivity contribution in [3.8, 4) is 0 Å². The third-order valence-corrected chi connectivity index (χ3v) is 3.88. The van der Waals surface area contributed by atoms with Crippen molar-refractivity contribution in [2.45, 2.75) is 70.4 Å². The van der Waals surface area contributed by atoms with E-state index in [4.69, 9.17) is 0 Å². The minimum atomic E-state index is 0.390. The molecule has 1 saturated carbocycles. The molecule has 17 heavy (non-hydrogen) atoms. The molecule has 1 atom stereocenters. The third kappa shape index (κ3) is 3.98. The summed E-state index contributed by atoms with van der Waals surface area (Å²) in [4.78, 5) is 14.3. The Morgan fingerprint density at radius 2 is 2.12 bits per heavy atom. The number of carbonyl (C=O) groups excluding carboxylic acids is 1. The van der Waals surface area contributed by atoms with Crippen LogP contribution in [0.5, 0.6) is 0 Å². The quantitative estimate of drug-likeness (QED) is 0.770. The van der Waals surface area contributed by atoms with E-state index in [9.17, 15) is 4.79 Å². The van der Waals surface area contributed by atoms with Crippen LogP contribution in [-0.4, -0.2) is 36.0 Å². The van der Waals surface area contributed by atoms with E-state index in [0.29, 0.717) is 18.0 Å². The lowest BCUT2D eigenvalue weighted by molar-refractivity contribution is -0.132. The van der Waals surface area contributed by atoms with Gasteiger partial charge < -0.3 is 10.2 Å². The molecule has 0 aromatic carbocycles. The first-order chi connectivity index (χ1) is 8.31. The van der Waals surface area contributed by atoms with Gasteiger partial charge in [-0.3, -0.25) is 4.79 Å². The third-order valence-electron chi connectivity index (χ3n) is 3.88. The maximum absolute atomic E-state index is 12.2. The second-order valence-corrected chi connectivity index (χ2v) is 5.53. The Morgan fingerprint density at radius 1 is 1.29 bits per heavy atom. The van der Waals surface area contributed by atoms with Crippen LogP contribution in [-0.2, 0) is 4.79 Å². The van der Waals surface area contributed by atoms with Crippen molar-refractivity contribution in [3.05, 3.63) is 0 Å². The van der Waals surface area contributed by atoms with Gasteiger partial charge in [0.1, 0.15) is 0 Å². The topological polar surface area (TPSA) is 32.3 Å². The first-order valence-corrected chi connectivity index (χ1v) is 7.34. The maximum Gasteiger partial charge on any atom is 0.222 e. The minimum Gasteiger partial charge on any atom is -0.338 e. The highest BCUT2D eigenvalue weighted by Crippen LogP contribution is 2.28. The zero-order chi connectivity index (χ0) is 12.1. The van der Waals surface area contributed by atoms with E-state index in [0.717, 1.165) is 32.4 Å². The molecule has 1 amide bonds. The van der Waals surface area contributed by atoms with Gasteiger partial charge in [-0.05, 0) is 38.6 Å². The summed E-state index contributed by atoms with van der Waals surface area (Å²) >= 11 is 0. The van der Waals surface area contributed by atoms with E-state index >= 15 is 0 Å². The Labute approximate surface area is 105 Å². The summed E-state index contributed by atoms with van der Waals surface area (Å²) in [5.74, 6) is 0.390. The summed E-state index contributed by atoms with van der Waals surface area (Å²) in [6, 6.07) is 1.12. The van der Waals surface area contributed by atoms with E-state index in [-0.39, 0.29) is 0 Å². The average molecular weight is 238 g/mol. The van der Waals surface area contributed by atoms with Crippen molar-refractivity contribution >= 4 is 5.91 Å². The molecule has 2 fully saturated rings. The van der Waals surface area contributed by atoms with Gasteiger partial charge in [0.05, 0.1) is 0 Å². The predicted octanol–water partition coefficient (Wildman–Crippen LogP) is 2.31. The fraction of sp³-hybridized carbons (Fsp3) is 0.929. The molecule has 1 saturated heterocycles. The molecule has 3 heteroatoms. The molecular formula is C14H26N2O. The van der Waals surface area contributed by atoms with Crippen LogP contribution in [0.15, 0.2) is 0 Å². The van der Waals surface area contributed by atoms with Crippen LogP contribution >= 0.6 is 0 Å². The highest BCUT2D eigenvalue weighted by atomic mass is 16.2. The zero-order valence-corrected chi connectivity index (χ0v) is 11.1. The molecular weight excluding hydrogens is 212 g/mol. The highest BCUT2D eigenvalue weighted by Gasteiger charge is 2.33. The standard InChI is InChI=1S/C14H26N2O/c1-2-3-7-14(17)16(13-8-9-13)11-12-6-4-5-10-15-12/h12-13,15H,2-11H2,1H3. The van der Waals surface area contributed by atoms with E-state index in [2.05, 4.69) is 17.1 Å². The largest absolute Gasteiger partial charge is 0.338 e. The van der Waals surface area contributed by atoms with Crippen LogP contribution in [0.2, 0.25) is 0 Å². The minimum absolute atomic E-state index is 0.390. The number of carbonyl (C=O) groups is 1. The lowest BCUT2D eigenvalue weighted by atomic mass is 10.0. The number of amides is 1. The summed E-state index contributed by atoms with van der Waals surface area (Å²) in [6.45, 7) is 4.23. The van der Waals surface area contributed by atoms with Crippen molar-refractivity contribution in [2.75, 3.05) is 13.1 Å². The molecule has 1 unspecified atom stereocenters. The van der Waals surface area contributed by atoms with Crippen molar-refractivity contribution in [2.24, 2.45) is 0 Å². The number of piperidine rings is 1. The van der Waals surface area contributed by atoms with Crippen molar-refractivity contribution in [1.82, 2.24) is 10.2 Å². The van der Waals surface area contributed by atoms with Gasteiger partial charge in [0.25, 0.3) is 0 Å². The van der Waals surface area contributed by atoms with E-state index in [1.165, 1.54) is 32.1 Å². The Hall–Kier alpha value is -0.570. The summed E-state index contributed by atoms with van der Waals surface area (Å²) in [7, 11) is 0. The number of hydrogen-bond donors (Lipinski definition) is 1. The Balaban J connectivity index is 1.81. The van der Waals surface area contributed by atoms with Gasteiger partial charge in [-0.2, -0.15) is 0 Å². The first-order valence-electron chi connectivity index (χ1n) is 7.34. The van der Waals surface area contributed by atoms with Crippen LogP contribution in [0.3, 0.4) is 0 Å². The molecule has 98 valence electrons. The number of unbranched alkanes of at least 4 members (excludes halogenated alkanes) is 1. The molecule has 0 radical (unpaired) electrons. The lowest BCUT2D eigenvalue weighted by Gasteiger charge is -2.31. The second kappa shape index (κ2) is 6.39. The van der Waals surface area contributed by atoms with Crippen LogP contribution < -0.4 is 5.32 Å². The maximum atomic E-state index is 12.2. The smallest absolute Gasteiger partial charge is 0.222 e. The van der Waals surface area contributed by atoms with Gasteiger partial charge in [0.2, 0.25) is 5.91 Å². The summed E-state index contributed by atoms with van der Waals surface area (Å²) in [5.41, 5.74) is 0. The van der Waals surface area contributed by atoms with Crippen LogP contribution in [0, 0.1) is 0 Å². The normalized spacial score (nSPS) is 24.6. The number of hydrogen-bond acceptors (Lipinski definition) is 2.